The largest absolute Gasteiger partial charge is 0.493 e. The Kier molecular flexibility index (Phi) is 4.89. The quantitative estimate of drug-likeness (QED) is 0.878. The van der Waals surface area contributed by atoms with Crippen molar-refractivity contribution in [2.45, 2.75) is 19.8 Å². The Morgan fingerprint density at radius 1 is 0.950 bits per heavy atom. The van der Waals surface area contributed by atoms with Gasteiger partial charge in [0.2, 0.25) is 5.88 Å². The third kappa shape index (κ3) is 2.90. The molecule has 0 aliphatic rings. The minimum Gasteiger partial charge on any atom is -0.493 e. The lowest BCUT2D eigenvalue weighted by molar-refractivity contribution is 0.159. The summed E-state index contributed by atoms with van der Waals surface area (Å²) in [7, 11) is 4.96. The molecule has 1 aromatic heterocycles. The van der Waals surface area contributed by atoms with E-state index < -0.39 is 0 Å². The highest BCUT2D eigenvalue weighted by atomic mass is 16.5. The normalized spacial score (nSPS) is 11.2. The lowest BCUT2D eigenvalue weighted by Gasteiger charge is -2.17. The van der Waals surface area contributed by atoms with Gasteiger partial charge in [0.25, 0.3) is 0 Å². The van der Waals surface area contributed by atoms with Crippen LogP contribution in [0.15, 0.2) is 18.3 Å². The number of rotatable bonds is 6. The summed E-state index contributed by atoms with van der Waals surface area (Å²) in [5, 5.41) is 11.4. The molecular formula is C15H19NO4. The highest BCUT2D eigenvalue weighted by Crippen LogP contribution is 2.29. The van der Waals surface area contributed by atoms with E-state index in [1.165, 1.54) is 0 Å². The summed E-state index contributed by atoms with van der Waals surface area (Å²) in [4.78, 5) is 3.96. The van der Waals surface area contributed by atoms with Crippen molar-refractivity contribution in [1.29, 1.82) is 0 Å². The van der Waals surface area contributed by atoms with E-state index in [0.29, 0.717) is 19.8 Å². The van der Waals surface area contributed by atoms with Crippen LogP contribution in [0.5, 0.6) is 5.88 Å². The van der Waals surface area contributed by atoms with Crippen LogP contribution in [0.25, 0.3) is 10.8 Å². The Hall–Kier alpha value is -1.69. The van der Waals surface area contributed by atoms with Crippen LogP contribution in [0.4, 0.5) is 0 Å². The highest BCUT2D eigenvalue weighted by Gasteiger charge is 2.14. The summed E-state index contributed by atoms with van der Waals surface area (Å²) in [6, 6.07) is 3.64. The Morgan fingerprint density at radius 2 is 1.60 bits per heavy atom. The Labute approximate surface area is 118 Å². The second kappa shape index (κ2) is 6.65. The second-order valence-corrected chi connectivity index (χ2v) is 4.56. The van der Waals surface area contributed by atoms with E-state index in [2.05, 4.69) is 4.98 Å². The average molecular weight is 277 g/mol. The highest BCUT2D eigenvalue weighted by molar-refractivity contribution is 5.87. The summed E-state index contributed by atoms with van der Waals surface area (Å²) < 4.78 is 15.8. The molecule has 0 bridgehead atoms. The SMILES string of the molecule is COCc1cc2cc(O)ncc2c(COC)c1COC. The number of hydrogen-bond donors (Lipinski definition) is 1. The number of fused-ring (bicyclic) bond motifs is 1. The molecule has 0 atom stereocenters. The summed E-state index contributed by atoms with van der Waals surface area (Å²) >= 11 is 0. The summed E-state index contributed by atoms with van der Waals surface area (Å²) in [5.41, 5.74) is 3.10. The molecule has 2 aromatic rings. The lowest BCUT2D eigenvalue weighted by Crippen LogP contribution is -2.05. The monoisotopic (exact) mass is 277 g/mol. The fourth-order valence-electron chi connectivity index (χ4n) is 2.38. The van der Waals surface area contributed by atoms with Crippen molar-refractivity contribution in [2.24, 2.45) is 0 Å². The number of aromatic hydroxyl groups is 1. The van der Waals surface area contributed by atoms with Crippen molar-refractivity contribution < 1.29 is 19.3 Å². The molecule has 0 saturated heterocycles. The molecule has 0 spiro atoms. The molecule has 5 nitrogen and oxygen atoms in total. The maximum absolute atomic E-state index is 9.55. The first-order valence-electron chi connectivity index (χ1n) is 6.30. The second-order valence-electron chi connectivity index (χ2n) is 4.56. The number of aromatic nitrogens is 1. The van der Waals surface area contributed by atoms with Crippen molar-refractivity contribution in [3.63, 3.8) is 0 Å². The van der Waals surface area contributed by atoms with Gasteiger partial charge < -0.3 is 19.3 Å². The van der Waals surface area contributed by atoms with Gasteiger partial charge in [0.15, 0.2) is 0 Å². The standard InChI is InChI=1S/C15H19NO4/c1-18-7-11-4-10-5-15(17)16-6-12(10)14(9-20-3)13(11)8-19-2/h4-6H,7-9H2,1-3H3,(H,16,17). The molecule has 5 heteroatoms. The smallest absolute Gasteiger partial charge is 0.211 e. The minimum atomic E-state index is 0.00345. The van der Waals surface area contributed by atoms with E-state index in [4.69, 9.17) is 14.2 Å². The van der Waals surface area contributed by atoms with Crippen LogP contribution in [0.1, 0.15) is 16.7 Å². The van der Waals surface area contributed by atoms with E-state index in [1.807, 2.05) is 6.07 Å². The van der Waals surface area contributed by atoms with Crippen molar-refractivity contribution in [3.05, 3.63) is 35.0 Å². The zero-order chi connectivity index (χ0) is 14.5. The molecule has 1 heterocycles. The third-order valence-corrected chi connectivity index (χ3v) is 3.21. The predicted molar refractivity (Wildman–Crippen MR) is 75.5 cm³/mol. The Balaban J connectivity index is 2.70. The molecule has 0 amide bonds. The zero-order valence-corrected chi connectivity index (χ0v) is 12.0. The van der Waals surface area contributed by atoms with Crippen molar-refractivity contribution in [3.8, 4) is 5.88 Å². The van der Waals surface area contributed by atoms with Gasteiger partial charge in [-0.3, -0.25) is 0 Å². The summed E-state index contributed by atoms with van der Waals surface area (Å²) in [5.74, 6) is 0.00345. The number of hydrogen-bond acceptors (Lipinski definition) is 5. The molecule has 0 aliphatic heterocycles. The molecule has 0 unspecified atom stereocenters. The van der Waals surface area contributed by atoms with Gasteiger partial charge >= 0.3 is 0 Å². The number of nitrogens with zero attached hydrogens (tertiary/aromatic N) is 1. The molecule has 1 aromatic carbocycles. The van der Waals surface area contributed by atoms with Crippen LogP contribution >= 0.6 is 0 Å². The first-order chi connectivity index (χ1) is 9.71. The van der Waals surface area contributed by atoms with Crippen LogP contribution in [0.3, 0.4) is 0 Å². The molecule has 0 aliphatic carbocycles. The lowest BCUT2D eigenvalue weighted by atomic mass is 9.96. The molecule has 20 heavy (non-hydrogen) atoms. The van der Waals surface area contributed by atoms with Gasteiger partial charge in [-0.25, -0.2) is 4.98 Å². The number of pyridine rings is 1. The van der Waals surface area contributed by atoms with Crippen LogP contribution in [-0.2, 0) is 34.0 Å². The van der Waals surface area contributed by atoms with Gasteiger partial charge in [-0.1, -0.05) is 0 Å². The predicted octanol–water partition coefficient (Wildman–Crippen LogP) is 2.38. The molecule has 2 rings (SSSR count). The maximum atomic E-state index is 9.55. The molecule has 108 valence electrons. The van der Waals surface area contributed by atoms with E-state index in [-0.39, 0.29) is 5.88 Å². The number of benzene rings is 1. The van der Waals surface area contributed by atoms with Crippen LogP contribution in [0.2, 0.25) is 0 Å². The minimum absolute atomic E-state index is 0.00345. The molecular weight excluding hydrogens is 258 g/mol. The van der Waals surface area contributed by atoms with E-state index >= 15 is 0 Å². The zero-order valence-electron chi connectivity index (χ0n) is 12.0. The fraction of sp³-hybridized carbons (Fsp3) is 0.400. The van der Waals surface area contributed by atoms with E-state index in [1.54, 1.807) is 33.6 Å². The van der Waals surface area contributed by atoms with E-state index in [9.17, 15) is 5.11 Å². The molecule has 0 radical (unpaired) electrons. The summed E-state index contributed by atoms with van der Waals surface area (Å²) in [6.07, 6.45) is 1.66. The van der Waals surface area contributed by atoms with Gasteiger partial charge in [-0.05, 0) is 28.1 Å². The average Bonchev–Trinajstić information content (AvgIpc) is 2.42. The Bertz CT molecular complexity index is 598. The van der Waals surface area contributed by atoms with Gasteiger partial charge in [0.1, 0.15) is 0 Å². The van der Waals surface area contributed by atoms with Crippen LogP contribution < -0.4 is 0 Å². The van der Waals surface area contributed by atoms with Gasteiger partial charge in [0, 0.05) is 39.0 Å². The first-order valence-corrected chi connectivity index (χ1v) is 6.30. The van der Waals surface area contributed by atoms with Gasteiger partial charge in [-0.15, -0.1) is 0 Å². The van der Waals surface area contributed by atoms with Crippen molar-refractivity contribution in [1.82, 2.24) is 4.98 Å². The molecule has 0 fully saturated rings. The third-order valence-electron chi connectivity index (χ3n) is 3.21. The van der Waals surface area contributed by atoms with Crippen molar-refractivity contribution >= 4 is 10.8 Å². The van der Waals surface area contributed by atoms with Crippen LogP contribution in [0, 0.1) is 0 Å². The number of methoxy groups -OCH3 is 3. The first kappa shape index (κ1) is 14.7. The Morgan fingerprint density at radius 3 is 2.25 bits per heavy atom. The maximum Gasteiger partial charge on any atom is 0.211 e. The van der Waals surface area contributed by atoms with Crippen LogP contribution in [-0.4, -0.2) is 31.4 Å². The molecule has 1 N–H and O–H groups in total. The van der Waals surface area contributed by atoms with Gasteiger partial charge in [0.05, 0.1) is 19.8 Å². The van der Waals surface area contributed by atoms with Crippen molar-refractivity contribution in [2.75, 3.05) is 21.3 Å². The van der Waals surface area contributed by atoms with Gasteiger partial charge in [-0.2, -0.15) is 0 Å². The summed E-state index contributed by atoms with van der Waals surface area (Å²) in [6.45, 7) is 1.42. The number of ether oxygens (including phenoxy) is 3. The topological polar surface area (TPSA) is 60.8 Å². The van der Waals surface area contributed by atoms with E-state index in [0.717, 1.165) is 27.5 Å². The fourth-order valence-corrected chi connectivity index (χ4v) is 2.38. The molecule has 0 saturated carbocycles.